The van der Waals surface area contributed by atoms with E-state index in [0.29, 0.717) is 34.1 Å². The van der Waals surface area contributed by atoms with E-state index in [-0.39, 0.29) is 10.2 Å². The van der Waals surface area contributed by atoms with Crippen LogP contribution in [0.2, 0.25) is 0 Å². The number of thiocarbonyl (C=S) groups is 1. The molecule has 1 fully saturated rings. The van der Waals surface area contributed by atoms with Crippen LogP contribution in [0.15, 0.2) is 17.0 Å². The summed E-state index contributed by atoms with van der Waals surface area (Å²) in [6.45, 7) is 3.67. The van der Waals surface area contributed by atoms with E-state index in [1.54, 1.807) is 25.1 Å². The minimum absolute atomic E-state index is 0.233. The molecule has 0 bridgehead atoms. The molecule has 1 aromatic rings. The van der Waals surface area contributed by atoms with Gasteiger partial charge in [-0.15, -0.1) is 0 Å². The summed E-state index contributed by atoms with van der Waals surface area (Å²) in [5.41, 5.74) is 0.644. The fraction of sp³-hybridized carbons (Fsp3) is 0.421. The molecule has 1 aliphatic heterocycles. The molecule has 28 heavy (non-hydrogen) atoms. The smallest absolute Gasteiger partial charge is 0.327 e. The van der Waals surface area contributed by atoms with E-state index in [1.807, 2.05) is 6.92 Å². The molecular formula is C19H23NO6S2. The van der Waals surface area contributed by atoms with Crippen LogP contribution in [0, 0.1) is 5.92 Å². The molecule has 0 saturated carbocycles. The molecule has 1 saturated heterocycles. The van der Waals surface area contributed by atoms with Crippen molar-refractivity contribution >= 4 is 46.3 Å². The van der Waals surface area contributed by atoms with Gasteiger partial charge in [0.15, 0.2) is 11.5 Å². The van der Waals surface area contributed by atoms with Crippen LogP contribution in [0.1, 0.15) is 25.8 Å². The quantitative estimate of drug-likeness (QED) is 0.501. The van der Waals surface area contributed by atoms with E-state index in [9.17, 15) is 14.7 Å². The second-order valence-electron chi connectivity index (χ2n) is 6.18. The molecule has 0 spiro atoms. The van der Waals surface area contributed by atoms with Crippen molar-refractivity contribution in [2.24, 2.45) is 5.92 Å². The Kier molecular flexibility index (Phi) is 7.31. The third-order valence-electron chi connectivity index (χ3n) is 4.52. The van der Waals surface area contributed by atoms with Crippen LogP contribution >= 0.6 is 24.0 Å². The van der Waals surface area contributed by atoms with Crippen LogP contribution < -0.4 is 14.2 Å². The number of rotatable bonds is 8. The molecule has 7 nitrogen and oxygen atoms in total. The number of carboxylic acid groups (broad SMARTS) is 1. The molecule has 1 N–H and O–H groups in total. The minimum atomic E-state index is -1.07. The number of hydrogen-bond acceptors (Lipinski definition) is 7. The maximum absolute atomic E-state index is 12.9. The first-order valence-electron chi connectivity index (χ1n) is 8.58. The Hall–Kier alpha value is -2.26. The summed E-state index contributed by atoms with van der Waals surface area (Å²) in [5.74, 6) is -0.382. The number of amides is 1. The molecular weight excluding hydrogens is 402 g/mol. The first-order chi connectivity index (χ1) is 13.3. The summed E-state index contributed by atoms with van der Waals surface area (Å²) in [6, 6.07) is 2.41. The largest absolute Gasteiger partial charge is 0.493 e. The van der Waals surface area contributed by atoms with Gasteiger partial charge in [-0.2, -0.15) is 0 Å². The highest BCUT2D eigenvalue weighted by Crippen LogP contribution is 2.41. The van der Waals surface area contributed by atoms with E-state index >= 15 is 0 Å². The first-order valence-corrected chi connectivity index (χ1v) is 9.81. The van der Waals surface area contributed by atoms with E-state index in [2.05, 4.69) is 0 Å². The molecule has 2 unspecified atom stereocenters. The lowest BCUT2D eigenvalue weighted by Gasteiger charge is -2.27. The Balaban J connectivity index is 2.44. The van der Waals surface area contributed by atoms with Crippen molar-refractivity contribution in [1.29, 1.82) is 0 Å². The van der Waals surface area contributed by atoms with Gasteiger partial charge in [0, 0.05) is 0 Å². The van der Waals surface area contributed by atoms with E-state index in [0.717, 1.165) is 11.8 Å². The Morgan fingerprint density at radius 2 is 1.82 bits per heavy atom. The van der Waals surface area contributed by atoms with Gasteiger partial charge in [-0.25, -0.2) is 4.79 Å². The predicted octanol–water partition coefficient (Wildman–Crippen LogP) is 3.41. The molecule has 0 aromatic heterocycles. The van der Waals surface area contributed by atoms with Crippen molar-refractivity contribution in [1.82, 2.24) is 4.90 Å². The summed E-state index contributed by atoms with van der Waals surface area (Å²) < 4.78 is 16.2. The topological polar surface area (TPSA) is 85.3 Å². The second-order valence-corrected chi connectivity index (χ2v) is 7.85. The van der Waals surface area contributed by atoms with Crippen LogP contribution in [0.3, 0.4) is 0 Å². The minimum Gasteiger partial charge on any atom is -0.493 e. The highest BCUT2D eigenvalue weighted by atomic mass is 32.2. The Morgan fingerprint density at radius 1 is 1.25 bits per heavy atom. The Bertz CT molecular complexity index is 798. The number of carboxylic acids is 1. The normalized spacial score (nSPS) is 17.6. The maximum atomic E-state index is 12.9. The summed E-state index contributed by atoms with van der Waals surface area (Å²) in [5, 5.41) is 9.61. The van der Waals surface area contributed by atoms with Crippen LogP contribution in [-0.2, 0) is 9.59 Å². The van der Waals surface area contributed by atoms with Gasteiger partial charge in [-0.3, -0.25) is 9.69 Å². The number of ether oxygens (including phenoxy) is 3. The highest BCUT2D eigenvalue weighted by Gasteiger charge is 2.42. The zero-order valence-electron chi connectivity index (χ0n) is 16.3. The Morgan fingerprint density at radius 3 is 2.25 bits per heavy atom. The summed E-state index contributed by atoms with van der Waals surface area (Å²) in [7, 11) is 4.51. The van der Waals surface area contributed by atoms with Gasteiger partial charge in [0.2, 0.25) is 5.75 Å². The lowest BCUT2D eigenvalue weighted by Crippen LogP contribution is -2.47. The molecule has 0 aliphatic carbocycles. The number of benzene rings is 1. The van der Waals surface area contributed by atoms with Gasteiger partial charge in [0.1, 0.15) is 10.4 Å². The molecule has 1 amide bonds. The second kappa shape index (κ2) is 9.29. The Labute approximate surface area is 173 Å². The molecule has 2 atom stereocenters. The number of carbonyl (C=O) groups is 2. The van der Waals surface area contributed by atoms with E-state index in [1.165, 1.54) is 26.2 Å². The van der Waals surface area contributed by atoms with Crippen molar-refractivity contribution < 1.29 is 28.9 Å². The van der Waals surface area contributed by atoms with Gasteiger partial charge < -0.3 is 19.3 Å². The number of thioether (sulfide) groups is 1. The molecule has 152 valence electrons. The molecule has 1 aromatic carbocycles. The van der Waals surface area contributed by atoms with Crippen molar-refractivity contribution in [2.45, 2.75) is 26.3 Å². The average Bonchev–Trinajstić information content (AvgIpc) is 2.94. The third-order valence-corrected chi connectivity index (χ3v) is 5.85. The molecule has 2 rings (SSSR count). The maximum Gasteiger partial charge on any atom is 0.327 e. The highest BCUT2D eigenvalue weighted by molar-refractivity contribution is 8.26. The van der Waals surface area contributed by atoms with Crippen molar-refractivity contribution in [3.8, 4) is 17.2 Å². The van der Waals surface area contributed by atoms with E-state index < -0.39 is 17.9 Å². The van der Waals surface area contributed by atoms with Crippen LogP contribution in [-0.4, -0.2) is 53.6 Å². The number of hydrogen-bond donors (Lipinski definition) is 1. The lowest BCUT2D eigenvalue weighted by molar-refractivity contribution is -0.147. The monoisotopic (exact) mass is 425 g/mol. The predicted molar refractivity (Wildman–Crippen MR) is 112 cm³/mol. The van der Waals surface area contributed by atoms with Gasteiger partial charge in [0.25, 0.3) is 5.91 Å². The lowest BCUT2D eigenvalue weighted by atomic mass is 9.98. The van der Waals surface area contributed by atoms with Gasteiger partial charge >= 0.3 is 5.97 Å². The van der Waals surface area contributed by atoms with Crippen molar-refractivity contribution in [3.63, 3.8) is 0 Å². The first kappa shape index (κ1) is 22.0. The molecule has 9 heteroatoms. The fourth-order valence-corrected chi connectivity index (χ4v) is 4.22. The zero-order chi connectivity index (χ0) is 21.0. The SMILES string of the molecule is CCC(C)C(C(=O)O)N1C(=O)/C(=C/c2cc(OC)c(OC)c(OC)c2)SC1=S. The fourth-order valence-electron chi connectivity index (χ4n) is 2.89. The zero-order valence-corrected chi connectivity index (χ0v) is 18.0. The number of methoxy groups -OCH3 is 3. The number of aliphatic carboxylic acids is 1. The molecule has 1 heterocycles. The number of nitrogens with zero attached hydrogens (tertiary/aromatic N) is 1. The van der Waals surface area contributed by atoms with Crippen LogP contribution in [0.4, 0.5) is 0 Å². The van der Waals surface area contributed by atoms with Gasteiger partial charge in [-0.1, -0.05) is 44.2 Å². The van der Waals surface area contributed by atoms with Crippen LogP contribution in [0.5, 0.6) is 17.2 Å². The van der Waals surface area contributed by atoms with Gasteiger partial charge in [0.05, 0.1) is 26.2 Å². The van der Waals surface area contributed by atoms with Gasteiger partial charge in [-0.05, 0) is 29.7 Å². The average molecular weight is 426 g/mol. The van der Waals surface area contributed by atoms with Crippen LogP contribution in [0.25, 0.3) is 6.08 Å². The van der Waals surface area contributed by atoms with Crippen molar-refractivity contribution in [3.05, 3.63) is 22.6 Å². The number of carbonyl (C=O) groups excluding carboxylic acids is 1. The van der Waals surface area contributed by atoms with E-state index in [4.69, 9.17) is 26.4 Å². The standard InChI is InChI=1S/C19H23NO6S2/c1-6-10(2)15(18(22)23)20-17(21)14(28-19(20)27)9-11-7-12(24-3)16(26-5)13(8-11)25-4/h7-10,15H,6H2,1-5H3,(H,22,23)/b14-9-. The molecule has 1 aliphatic rings. The third kappa shape index (κ3) is 4.25. The van der Waals surface area contributed by atoms with Crippen molar-refractivity contribution in [2.75, 3.05) is 21.3 Å². The summed E-state index contributed by atoms with van der Waals surface area (Å²) in [4.78, 5) is 26.2. The molecule has 0 radical (unpaired) electrons. The summed E-state index contributed by atoms with van der Waals surface area (Å²) in [6.07, 6.45) is 2.25. The summed E-state index contributed by atoms with van der Waals surface area (Å²) >= 11 is 6.38.